The first-order chi connectivity index (χ1) is 13.9. The van der Waals surface area contributed by atoms with Crippen molar-refractivity contribution in [1.29, 1.82) is 0 Å². The van der Waals surface area contributed by atoms with Crippen molar-refractivity contribution in [3.63, 3.8) is 0 Å². The predicted molar refractivity (Wildman–Crippen MR) is 109 cm³/mol. The molecule has 0 saturated heterocycles. The maximum Gasteiger partial charge on any atom is 0.258 e. The summed E-state index contributed by atoms with van der Waals surface area (Å²) in [4.78, 5) is 12.2. The molecule has 1 amide bonds. The molecular weight excluding hydrogens is 396 g/mol. The first-order valence-electron chi connectivity index (χ1n) is 9.00. The van der Waals surface area contributed by atoms with Crippen LogP contribution in [0.3, 0.4) is 0 Å². The van der Waals surface area contributed by atoms with Crippen LogP contribution in [0.2, 0.25) is 0 Å². The fourth-order valence-corrected chi connectivity index (χ4v) is 3.50. The van der Waals surface area contributed by atoms with Gasteiger partial charge in [0.2, 0.25) is 10.0 Å². The van der Waals surface area contributed by atoms with Crippen LogP contribution in [-0.4, -0.2) is 48.3 Å². The average Bonchev–Trinajstić information content (AvgIpc) is 2.72. The molecule has 0 aliphatic rings. The summed E-state index contributed by atoms with van der Waals surface area (Å²) >= 11 is 0. The number of sulfonamides is 1. The first-order valence-corrected chi connectivity index (χ1v) is 10.5. The smallest absolute Gasteiger partial charge is 0.258 e. The van der Waals surface area contributed by atoms with Crippen molar-refractivity contribution in [2.45, 2.75) is 17.9 Å². The number of hydrogen-bond acceptors (Lipinski definition) is 6. The van der Waals surface area contributed by atoms with Crippen molar-refractivity contribution in [3.05, 3.63) is 54.1 Å². The van der Waals surface area contributed by atoms with Crippen LogP contribution in [-0.2, 0) is 19.6 Å². The Kier molecular flexibility index (Phi) is 8.44. The van der Waals surface area contributed by atoms with Gasteiger partial charge in [0, 0.05) is 13.7 Å². The molecule has 0 aromatic heterocycles. The Balaban J connectivity index is 1.85. The summed E-state index contributed by atoms with van der Waals surface area (Å²) in [5.74, 6) is 0.856. The summed E-state index contributed by atoms with van der Waals surface area (Å²) in [6, 6.07) is 13.1. The number of ether oxygens (including phenoxy) is 3. The molecule has 0 bridgehead atoms. The Bertz CT molecular complexity index is 882. The van der Waals surface area contributed by atoms with Gasteiger partial charge in [-0.05, 0) is 48.9 Å². The Hall–Kier alpha value is -2.62. The molecule has 0 aliphatic carbocycles. The minimum atomic E-state index is -3.61. The number of nitrogens with one attached hydrogen (secondary N) is 2. The van der Waals surface area contributed by atoms with E-state index in [1.807, 2.05) is 31.2 Å². The van der Waals surface area contributed by atoms with E-state index in [1.54, 1.807) is 7.11 Å². The highest BCUT2D eigenvalue weighted by Crippen LogP contribution is 2.18. The molecule has 0 saturated carbocycles. The lowest BCUT2D eigenvalue weighted by Crippen LogP contribution is -2.31. The van der Waals surface area contributed by atoms with Gasteiger partial charge in [0.1, 0.15) is 11.5 Å². The predicted octanol–water partition coefficient (Wildman–Crippen LogP) is 1.88. The fourth-order valence-electron chi connectivity index (χ4n) is 2.48. The second-order valence-corrected chi connectivity index (χ2v) is 7.98. The Labute approximate surface area is 171 Å². The third kappa shape index (κ3) is 7.04. The molecule has 0 heterocycles. The largest absolute Gasteiger partial charge is 0.497 e. The molecule has 2 rings (SSSR count). The van der Waals surface area contributed by atoms with Gasteiger partial charge in [-0.25, -0.2) is 13.1 Å². The highest BCUT2D eigenvalue weighted by atomic mass is 32.2. The topological polar surface area (TPSA) is 103 Å². The molecule has 0 aliphatic heterocycles. The molecule has 158 valence electrons. The average molecular weight is 423 g/mol. The molecule has 2 N–H and O–H groups in total. The van der Waals surface area contributed by atoms with Gasteiger partial charge in [-0.1, -0.05) is 12.1 Å². The van der Waals surface area contributed by atoms with Gasteiger partial charge in [-0.2, -0.15) is 0 Å². The van der Waals surface area contributed by atoms with E-state index in [0.717, 1.165) is 11.3 Å². The monoisotopic (exact) mass is 422 g/mol. The molecule has 29 heavy (non-hydrogen) atoms. The number of rotatable bonds is 11. The summed E-state index contributed by atoms with van der Waals surface area (Å²) in [6.45, 7) is 2.16. The van der Waals surface area contributed by atoms with Gasteiger partial charge in [0.25, 0.3) is 5.91 Å². The van der Waals surface area contributed by atoms with Gasteiger partial charge >= 0.3 is 0 Å². The van der Waals surface area contributed by atoms with Crippen molar-refractivity contribution in [3.8, 4) is 11.5 Å². The van der Waals surface area contributed by atoms with Crippen LogP contribution in [0.15, 0.2) is 53.4 Å². The molecule has 9 heteroatoms. The Morgan fingerprint density at radius 2 is 1.62 bits per heavy atom. The fraction of sp³-hybridized carbons (Fsp3) is 0.350. The van der Waals surface area contributed by atoms with Crippen LogP contribution < -0.4 is 19.5 Å². The van der Waals surface area contributed by atoms with Crippen LogP contribution in [0.4, 0.5) is 0 Å². The molecule has 2 aromatic rings. The molecule has 0 radical (unpaired) electrons. The van der Waals surface area contributed by atoms with Crippen LogP contribution in [0.1, 0.15) is 18.5 Å². The second-order valence-electron chi connectivity index (χ2n) is 6.21. The van der Waals surface area contributed by atoms with E-state index in [9.17, 15) is 13.2 Å². The highest BCUT2D eigenvalue weighted by Gasteiger charge is 2.14. The minimum Gasteiger partial charge on any atom is -0.497 e. The summed E-state index contributed by atoms with van der Waals surface area (Å²) < 4.78 is 42.0. The minimum absolute atomic E-state index is 0.110. The van der Waals surface area contributed by atoms with Crippen molar-refractivity contribution >= 4 is 15.9 Å². The lowest BCUT2D eigenvalue weighted by atomic mass is 10.1. The maximum absolute atomic E-state index is 12.1. The summed E-state index contributed by atoms with van der Waals surface area (Å²) in [6.07, 6.45) is 0. The van der Waals surface area contributed by atoms with Gasteiger partial charge in [-0.3, -0.25) is 4.79 Å². The maximum atomic E-state index is 12.1. The zero-order chi connectivity index (χ0) is 21.3. The van der Waals surface area contributed by atoms with Gasteiger partial charge in [0.15, 0.2) is 6.61 Å². The number of carbonyl (C=O) groups excluding carboxylic acids is 1. The summed E-state index contributed by atoms with van der Waals surface area (Å²) in [5.41, 5.74) is 0.940. The number of methoxy groups -OCH3 is 2. The van der Waals surface area contributed by atoms with E-state index >= 15 is 0 Å². The van der Waals surface area contributed by atoms with E-state index in [0.29, 0.717) is 5.75 Å². The number of amides is 1. The third-order valence-electron chi connectivity index (χ3n) is 4.10. The van der Waals surface area contributed by atoms with E-state index in [4.69, 9.17) is 14.2 Å². The number of benzene rings is 2. The SMILES string of the molecule is COCCNS(=O)(=O)c1ccc(OCC(=O)N[C@@H](C)c2ccc(OC)cc2)cc1. The molecule has 2 aromatic carbocycles. The lowest BCUT2D eigenvalue weighted by Gasteiger charge is -2.15. The van der Waals surface area contributed by atoms with Gasteiger partial charge < -0.3 is 19.5 Å². The summed E-state index contributed by atoms with van der Waals surface area (Å²) in [5, 5.41) is 2.85. The van der Waals surface area contributed by atoms with Crippen molar-refractivity contribution < 1.29 is 27.4 Å². The van der Waals surface area contributed by atoms with E-state index < -0.39 is 10.0 Å². The Morgan fingerprint density at radius 1 is 1.00 bits per heavy atom. The zero-order valence-electron chi connectivity index (χ0n) is 16.7. The van der Waals surface area contributed by atoms with Crippen molar-refractivity contribution in [2.24, 2.45) is 0 Å². The van der Waals surface area contributed by atoms with Crippen LogP contribution in [0.25, 0.3) is 0 Å². The zero-order valence-corrected chi connectivity index (χ0v) is 17.5. The number of hydrogen-bond donors (Lipinski definition) is 2. The summed E-state index contributed by atoms with van der Waals surface area (Å²) in [7, 11) is -0.517. The van der Waals surface area contributed by atoms with Crippen molar-refractivity contribution in [1.82, 2.24) is 10.0 Å². The quantitative estimate of drug-likeness (QED) is 0.536. The highest BCUT2D eigenvalue weighted by molar-refractivity contribution is 7.89. The van der Waals surface area contributed by atoms with E-state index in [2.05, 4.69) is 10.0 Å². The van der Waals surface area contributed by atoms with Crippen LogP contribution >= 0.6 is 0 Å². The van der Waals surface area contributed by atoms with Gasteiger partial charge in [0.05, 0.1) is 24.7 Å². The standard InChI is InChI=1S/C20H26N2O6S/c1-15(16-4-6-17(27-3)7-5-16)22-20(23)14-28-18-8-10-19(11-9-18)29(24,25)21-12-13-26-2/h4-11,15,21H,12-14H2,1-3H3,(H,22,23)/t15-/m0/s1. The molecule has 0 unspecified atom stereocenters. The molecule has 0 spiro atoms. The molecule has 1 atom stereocenters. The first kappa shape index (κ1) is 22.7. The third-order valence-corrected chi connectivity index (χ3v) is 5.57. The molecular formula is C20H26N2O6S. The molecule has 0 fully saturated rings. The van der Waals surface area contributed by atoms with Crippen LogP contribution in [0, 0.1) is 0 Å². The van der Waals surface area contributed by atoms with Gasteiger partial charge in [-0.15, -0.1) is 0 Å². The molecule has 8 nitrogen and oxygen atoms in total. The van der Waals surface area contributed by atoms with E-state index in [1.165, 1.54) is 31.4 Å². The van der Waals surface area contributed by atoms with E-state index in [-0.39, 0.29) is 36.6 Å². The lowest BCUT2D eigenvalue weighted by molar-refractivity contribution is -0.123. The second kappa shape index (κ2) is 10.8. The normalized spacial score (nSPS) is 12.2. The van der Waals surface area contributed by atoms with Crippen molar-refractivity contribution in [2.75, 3.05) is 34.0 Å². The van der Waals surface area contributed by atoms with Crippen LogP contribution in [0.5, 0.6) is 11.5 Å². The number of carbonyl (C=O) groups is 1. The Morgan fingerprint density at radius 3 is 2.21 bits per heavy atom.